The third-order valence-electron chi connectivity index (χ3n) is 4.43. The molecule has 0 saturated heterocycles. The number of allylic oxidation sites excluding steroid dienone is 1. The van der Waals surface area contributed by atoms with Gasteiger partial charge in [-0.15, -0.1) is 0 Å². The van der Waals surface area contributed by atoms with Gasteiger partial charge in [0.25, 0.3) is 0 Å². The Kier molecular flexibility index (Phi) is 5.57. The van der Waals surface area contributed by atoms with Crippen molar-refractivity contribution in [1.82, 2.24) is 0 Å². The van der Waals surface area contributed by atoms with Crippen molar-refractivity contribution in [2.45, 2.75) is 45.1 Å². The average molecular weight is 294 g/mol. The highest BCUT2D eigenvalue weighted by Gasteiger charge is 2.22. The molecule has 0 fully saturated rings. The molecule has 22 heavy (non-hydrogen) atoms. The van der Waals surface area contributed by atoms with Gasteiger partial charge in [0.2, 0.25) is 0 Å². The lowest BCUT2D eigenvalue weighted by atomic mass is 9.78. The van der Waals surface area contributed by atoms with Crippen LogP contribution in [0.1, 0.15) is 50.8 Å². The zero-order valence-corrected chi connectivity index (χ0v) is 13.8. The zero-order chi connectivity index (χ0) is 16.0. The first-order valence-electron chi connectivity index (χ1n) is 8.02. The minimum absolute atomic E-state index is 0.0156. The van der Waals surface area contributed by atoms with Gasteiger partial charge in [-0.2, -0.15) is 0 Å². The maximum absolute atomic E-state index is 10.4. The van der Waals surface area contributed by atoms with E-state index in [1.54, 1.807) is 0 Å². The number of hydrogen-bond donors (Lipinski definition) is 1. The Morgan fingerprint density at radius 2 is 1.59 bits per heavy atom. The van der Waals surface area contributed by atoms with Crippen molar-refractivity contribution in [3.8, 4) is 0 Å². The van der Waals surface area contributed by atoms with Crippen molar-refractivity contribution in [3.63, 3.8) is 0 Å². The van der Waals surface area contributed by atoms with E-state index in [0.29, 0.717) is 6.42 Å². The predicted molar refractivity (Wildman–Crippen MR) is 93.9 cm³/mol. The maximum atomic E-state index is 10.4. The molecule has 2 aromatic carbocycles. The highest BCUT2D eigenvalue weighted by Crippen LogP contribution is 2.32. The predicted octanol–water partition coefficient (Wildman–Crippen LogP) is 5.42. The summed E-state index contributed by atoms with van der Waals surface area (Å²) in [6.45, 7) is 6.59. The lowest BCUT2D eigenvalue weighted by Crippen LogP contribution is -2.18. The molecule has 2 aromatic rings. The van der Waals surface area contributed by atoms with Crippen molar-refractivity contribution in [2.24, 2.45) is 0 Å². The van der Waals surface area contributed by atoms with Crippen LogP contribution in [0.15, 0.2) is 72.3 Å². The molecule has 0 aliphatic rings. The molecule has 0 unspecified atom stereocenters. The van der Waals surface area contributed by atoms with Crippen LogP contribution in [0.3, 0.4) is 0 Å². The molecule has 116 valence electrons. The van der Waals surface area contributed by atoms with Crippen LogP contribution < -0.4 is 0 Å². The van der Waals surface area contributed by atoms with Crippen molar-refractivity contribution >= 4 is 0 Å². The fraction of sp³-hybridized carbons (Fsp3) is 0.333. The first-order valence-corrected chi connectivity index (χ1v) is 8.02. The molecule has 0 aromatic heterocycles. The summed E-state index contributed by atoms with van der Waals surface area (Å²) in [5.41, 5.74) is 3.55. The molecule has 0 aliphatic carbocycles. The second-order valence-corrected chi connectivity index (χ2v) is 6.26. The second-order valence-electron chi connectivity index (χ2n) is 6.26. The summed E-state index contributed by atoms with van der Waals surface area (Å²) in [6.07, 6.45) is 3.59. The summed E-state index contributed by atoms with van der Waals surface area (Å²) in [7, 11) is 0. The van der Waals surface area contributed by atoms with Crippen LogP contribution in [0.2, 0.25) is 0 Å². The molecule has 0 amide bonds. The monoisotopic (exact) mass is 294 g/mol. The van der Waals surface area contributed by atoms with E-state index in [1.165, 1.54) is 11.1 Å². The Morgan fingerprint density at radius 1 is 1.05 bits per heavy atom. The fourth-order valence-corrected chi connectivity index (χ4v) is 2.91. The summed E-state index contributed by atoms with van der Waals surface area (Å²) >= 11 is 0. The Labute approximate surface area is 134 Å². The Balaban J connectivity index is 2.16. The Morgan fingerprint density at radius 3 is 2.14 bits per heavy atom. The smallest absolute Gasteiger partial charge is 0.0827 e. The molecule has 2 rings (SSSR count). The minimum atomic E-state index is -0.436. The molecule has 0 saturated carbocycles. The first kappa shape index (κ1) is 16.5. The third-order valence-corrected chi connectivity index (χ3v) is 4.43. The standard InChI is InChI=1S/C21H26O/c1-4-21(3,19-13-9-6-10-14-19)16-17(2)15-20(22)18-11-7-5-8-12-18/h5-14,16,20,22H,4,15H2,1-3H3/b17-16-/t20-,21+/m1/s1. The van der Waals surface area contributed by atoms with E-state index < -0.39 is 6.10 Å². The largest absolute Gasteiger partial charge is 0.388 e. The number of rotatable bonds is 6. The van der Waals surface area contributed by atoms with Crippen molar-refractivity contribution in [2.75, 3.05) is 0 Å². The van der Waals surface area contributed by atoms with Gasteiger partial charge in [-0.1, -0.05) is 86.2 Å². The van der Waals surface area contributed by atoms with Crippen molar-refractivity contribution < 1.29 is 5.11 Å². The van der Waals surface area contributed by atoms with E-state index in [1.807, 2.05) is 30.3 Å². The van der Waals surface area contributed by atoms with E-state index in [4.69, 9.17) is 0 Å². The second kappa shape index (κ2) is 7.42. The number of aliphatic hydroxyl groups is 1. The highest BCUT2D eigenvalue weighted by atomic mass is 16.3. The van der Waals surface area contributed by atoms with Gasteiger partial charge >= 0.3 is 0 Å². The fourth-order valence-electron chi connectivity index (χ4n) is 2.91. The molecule has 0 heterocycles. The van der Waals surface area contributed by atoms with Gasteiger partial charge in [0.15, 0.2) is 0 Å². The molecule has 0 bridgehead atoms. The lowest BCUT2D eigenvalue weighted by molar-refractivity contribution is 0.178. The third kappa shape index (κ3) is 4.08. The molecular formula is C21H26O. The lowest BCUT2D eigenvalue weighted by Gasteiger charge is -2.27. The van der Waals surface area contributed by atoms with E-state index >= 15 is 0 Å². The van der Waals surface area contributed by atoms with Crippen molar-refractivity contribution in [1.29, 1.82) is 0 Å². The average Bonchev–Trinajstić information content (AvgIpc) is 2.56. The summed E-state index contributed by atoms with van der Waals surface area (Å²) in [4.78, 5) is 0. The number of aliphatic hydroxyl groups excluding tert-OH is 1. The van der Waals surface area contributed by atoms with Crippen LogP contribution in [-0.2, 0) is 5.41 Å². The van der Waals surface area contributed by atoms with Crippen LogP contribution >= 0.6 is 0 Å². The summed E-state index contributed by atoms with van der Waals surface area (Å²) in [6, 6.07) is 20.5. The zero-order valence-electron chi connectivity index (χ0n) is 13.8. The topological polar surface area (TPSA) is 20.2 Å². The Bertz CT molecular complexity index is 600. The highest BCUT2D eigenvalue weighted by molar-refractivity contribution is 5.31. The van der Waals surface area contributed by atoms with Crippen LogP contribution in [0, 0.1) is 0 Å². The molecule has 1 nitrogen and oxygen atoms in total. The van der Waals surface area contributed by atoms with E-state index in [9.17, 15) is 5.11 Å². The SMILES string of the molecule is CC[C@@](C)(/C=C(/C)C[C@@H](O)c1ccccc1)c1ccccc1. The van der Waals surface area contributed by atoms with Crippen LogP contribution in [0.5, 0.6) is 0 Å². The van der Waals surface area contributed by atoms with Gasteiger partial charge in [0.05, 0.1) is 6.10 Å². The van der Waals surface area contributed by atoms with Crippen molar-refractivity contribution in [3.05, 3.63) is 83.4 Å². The van der Waals surface area contributed by atoms with Crippen LogP contribution in [0.25, 0.3) is 0 Å². The van der Waals surface area contributed by atoms with Crippen LogP contribution in [-0.4, -0.2) is 5.11 Å². The maximum Gasteiger partial charge on any atom is 0.0827 e. The van der Waals surface area contributed by atoms with Gasteiger partial charge < -0.3 is 5.11 Å². The molecule has 2 atom stereocenters. The minimum Gasteiger partial charge on any atom is -0.388 e. The molecule has 0 radical (unpaired) electrons. The molecule has 0 aliphatic heterocycles. The molecular weight excluding hydrogens is 268 g/mol. The van der Waals surface area contributed by atoms with E-state index in [2.05, 4.69) is 57.2 Å². The Hall–Kier alpha value is -1.86. The number of benzene rings is 2. The van der Waals surface area contributed by atoms with Gasteiger partial charge in [0, 0.05) is 5.41 Å². The normalized spacial score (nSPS) is 16.1. The quantitative estimate of drug-likeness (QED) is 0.705. The van der Waals surface area contributed by atoms with Gasteiger partial charge in [-0.05, 0) is 30.9 Å². The van der Waals surface area contributed by atoms with Gasteiger partial charge in [-0.3, -0.25) is 0 Å². The van der Waals surface area contributed by atoms with Crippen LogP contribution in [0.4, 0.5) is 0 Å². The van der Waals surface area contributed by atoms with E-state index in [-0.39, 0.29) is 5.41 Å². The molecule has 1 heteroatoms. The van der Waals surface area contributed by atoms with E-state index in [0.717, 1.165) is 12.0 Å². The summed E-state index contributed by atoms with van der Waals surface area (Å²) < 4.78 is 0. The first-order chi connectivity index (χ1) is 10.5. The van der Waals surface area contributed by atoms with Gasteiger partial charge in [-0.25, -0.2) is 0 Å². The molecule has 0 spiro atoms. The molecule has 1 N–H and O–H groups in total. The summed E-state index contributed by atoms with van der Waals surface area (Å²) in [5.74, 6) is 0. The summed E-state index contributed by atoms with van der Waals surface area (Å²) in [5, 5.41) is 10.4. The number of hydrogen-bond acceptors (Lipinski definition) is 1. The van der Waals surface area contributed by atoms with Gasteiger partial charge in [0.1, 0.15) is 0 Å².